The molecule has 1 atom stereocenters. The van der Waals surface area contributed by atoms with Gasteiger partial charge in [-0.25, -0.2) is 0 Å². The second kappa shape index (κ2) is 5.42. The van der Waals surface area contributed by atoms with Crippen molar-refractivity contribution in [2.24, 2.45) is 0 Å². The Labute approximate surface area is 108 Å². The minimum absolute atomic E-state index is 0.0527. The normalized spacial score (nSPS) is 21.6. The van der Waals surface area contributed by atoms with Crippen molar-refractivity contribution in [2.75, 3.05) is 0 Å². The van der Waals surface area contributed by atoms with Crippen LogP contribution in [-0.4, -0.2) is 10.3 Å². The Morgan fingerprint density at radius 3 is 2.31 bits per heavy atom. The zero-order valence-corrected chi connectivity index (χ0v) is 11.0. The molecule has 0 bridgehead atoms. The molecule has 1 saturated carbocycles. The van der Waals surface area contributed by atoms with Gasteiger partial charge in [0.25, 0.3) is 0 Å². The van der Waals surface area contributed by atoms with Crippen molar-refractivity contribution in [3.63, 3.8) is 0 Å². The van der Waals surface area contributed by atoms with Gasteiger partial charge in [-0.3, -0.25) is 0 Å². The Kier molecular flexibility index (Phi) is 4.16. The van der Waals surface area contributed by atoms with E-state index >= 15 is 0 Å². The minimum Gasteiger partial charge on any atom is -0.121 e. The van der Waals surface area contributed by atoms with E-state index in [1.54, 1.807) is 0 Å². The van der Waals surface area contributed by atoms with E-state index in [1.165, 1.54) is 24.8 Å². The fourth-order valence-corrected chi connectivity index (χ4v) is 3.20. The quantitative estimate of drug-likeness (QED) is 0.684. The summed E-state index contributed by atoms with van der Waals surface area (Å²) in [5.41, 5.74) is 1.29. The molecular formula is C14H18Cl2. The highest BCUT2D eigenvalue weighted by atomic mass is 35.5. The molecule has 1 aromatic carbocycles. The van der Waals surface area contributed by atoms with E-state index in [0.29, 0.717) is 0 Å². The maximum Gasteiger partial charge on any atom is 0.0613 e. The lowest BCUT2D eigenvalue weighted by molar-refractivity contribution is 0.374. The number of hydrogen-bond acceptors (Lipinski definition) is 0. The summed E-state index contributed by atoms with van der Waals surface area (Å²) in [6.45, 7) is 0. The van der Waals surface area contributed by atoms with Crippen LogP contribution in [0.5, 0.6) is 0 Å². The summed E-state index contributed by atoms with van der Waals surface area (Å²) >= 11 is 13.1. The van der Waals surface area contributed by atoms with Gasteiger partial charge in [0.1, 0.15) is 0 Å². The fraction of sp³-hybridized carbons (Fsp3) is 0.571. The molecule has 0 heterocycles. The van der Waals surface area contributed by atoms with Gasteiger partial charge in [-0.05, 0) is 24.8 Å². The number of rotatable bonds is 3. The molecule has 0 nitrogen and oxygen atoms in total. The van der Waals surface area contributed by atoms with Gasteiger partial charge in [0, 0.05) is 0 Å². The van der Waals surface area contributed by atoms with Crippen LogP contribution >= 0.6 is 23.2 Å². The highest BCUT2D eigenvalue weighted by molar-refractivity contribution is 6.32. The third kappa shape index (κ3) is 2.93. The Bertz CT molecular complexity index is 315. The zero-order chi connectivity index (χ0) is 11.4. The van der Waals surface area contributed by atoms with Crippen molar-refractivity contribution in [3.05, 3.63) is 35.9 Å². The summed E-state index contributed by atoms with van der Waals surface area (Å²) in [6.07, 6.45) is 6.77. The lowest BCUT2D eigenvalue weighted by Gasteiger charge is -2.35. The van der Waals surface area contributed by atoms with Crippen LogP contribution < -0.4 is 0 Å². The van der Waals surface area contributed by atoms with E-state index in [-0.39, 0.29) is 10.3 Å². The van der Waals surface area contributed by atoms with Crippen molar-refractivity contribution < 1.29 is 0 Å². The van der Waals surface area contributed by atoms with Crippen molar-refractivity contribution in [2.45, 2.75) is 48.8 Å². The Morgan fingerprint density at radius 2 is 1.69 bits per heavy atom. The summed E-state index contributed by atoms with van der Waals surface area (Å²) in [4.78, 5) is -0.171. The maximum atomic E-state index is 6.64. The first-order valence-electron chi connectivity index (χ1n) is 6.08. The maximum absolute atomic E-state index is 6.64. The van der Waals surface area contributed by atoms with Gasteiger partial charge >= 0.3 is 0 Å². The van der Waals surface area contributed by atoms with Crippen molar-refractivity contribution >= 4 is 23.2 Å². The van der Waals surface area contributed by atoms with Crippen LogP contribution in [-0.2, 0) is 6.42 Å². The van der Waals surface area contributed by atoms with Gasteiger partial charge in [-0.1, -0.05) is 49.6 Å². The van der Waals surface area contributed by atoms with E-state index in [2.05, 4.69) is 24.3 Å². The summed E-state index contributed by atoms with van der Waals surface area (Å²) in [5, 5.41) is 0.0527. The molecule has 0 aromatic heterocycles. The Balaban J connectivity index is 1.99. The topological polar surface area (TPSA) is 0 Å². The van der Waals surface area contributed by atoms with Gasteiger partial charge in [-0.15, -0.1) is 23.2 Å². The number of hydrogen-bond donors (Lipinski definition) is 0. The Morgan fingerprint density at radius 1 is 1.06 bits per heavy atom. The SMILES string of the molecule is ClC(Cc1ccccc1)C1(Cl)CCCCC1. The summed E-state index contributed by atoms with van der Waals surface area (Å²) < 4.78 is 0. The van der Waals surface area contributed by atoms with Gasteiger partial charge < -0.3 is 0 Å². The van der Waals surface area contributed by atoms with Crippen LogP contribution in [0, 0.1) is 0 Å². The molecule has 88 valence electrons. The first-order chi connectivity index (χ1) is 7.71. The van der Waals surface area contributed by atoms with E-state index in [9.17, 15) is 0 Å². The third-order valence-electron chi connectivity index (χ3n) is 3.50. The van der Waals surface area contributed by atoms with Crippen LogP contribution in [0.2, 0.25) is 0 Å². The van der Waals surface area contributed by atoms with Crippen molar-refractivity contribution in [1.29, 1.82) is 0 Å². The number of benzene rings is 1. The molecule has 1 aliphatic rings. The molecule has 1 aromatic rings. The molecule has 0 radical (unpaired) electrons. The largest absolute Gasteiger partial charge is 0.121 e. The average Bonchev–Trinajstić information content (AvgIpc) is 2.31. The van der Waals surface area contributed by atoms with Gasteiger partial charge in [0.05, 0.1) is 10.3 Å². The first-order valence-corrected chi connectivity index (χ1v) is 6.89. The molecule has 16 heavy (non-hydrogen) atoms. The van der Waals surface area contributed by atoms with Crippen LogP contribution in [0.25, 0.3) is 0 Å². The second-order valence-corrected chi connectivity index (χ2v) is 6.03. The van der Waals surface area contributed by atoms with Gasteiger partial charge in [-0.2, -0.15) is 0 Å². The fourth-order valence-electron chi connectivity index (χ4n) is 2.46. The van der Waals surface area contributed by atoms with Crippen LogP contribution in [0.15, 0.2) is 30.3 Å². The lowest BCUT2D eigenvalue weighted by atomic mass is 9.84. The molecule has 1 unspecified atom stereocenters. The zero-order valence-electron chi connectivity index (χ0n) is 9.46. The molecule has 0 saturated heterocycles. The highest BCUT2D eigenvalue weighted by Gasteiger charge is 2.36. The van der Waals surface area contributed by atoms with Crippen LogP contribution in [0.3, 0.4) is 0 Å². The summed E-state index contributed by atoms with van der Waals surface area (Å²) in [7, 11) is 0. The molecule has 0 aliphatic heterocycles. The second-order valence-electron chi connectivity index (χ2n) is 4.75. The third-order valence-corrected chi connectivity index (χ3v) is 4.83. The predicted octanol–water partition coefficient (Wildman–Crippen LogP) is 4.78. The molecule has 0 N–H and O–H groups in total. The van der Waals surface area contributed by atoms with Crippen molar-refractivity contribution in [1.82, 2.24) is 0 Å². The molecule has 1 aliphatic carbocycles. The molecule has 2 rings (SSSR count). The van der Waals surface area contributed by atoms with Crippen molar-refractivity contribution in [3.8, 4) is 0 Å². The Hall–Kier alpha value is -0.200. The minimum atomic E-state index is -0.171. The standard InChI is InChI=1S/C14H18Cl2/c15-13(11-12-7-3-1-4-8-12)14(16)9-5-2-6-10-14/h1,3-4,7-8,13H,2,5-6,9-11H2. The summed E-state index contributed by atoms with van der Waals surface area (Å²) in [5.74, 6) is 0. The van der Waals surface area contributed by atoms with E-state index in [0.717, 1.165) is 19.3 Å². The van der Waals surface area contributed by atoms with Gasteiger partial charge in [0.15, 0.2) is 0 Å². The molecule has 1 fully saturated rings. The molecule has 2 heteroatoms. The number of halogens is 2. The van der Waals surface area contributed by atoms with E-state index < -0.39 is 0 Å². The highest BCUT2D eigenvalue weighted by Crippen LogP contribution is 2.40. The first kappa shape index (κ1) is 12.3. The molecule has 0 amide bonds. The molecule has 0 spiro atoms. The van der Waals surface area contributed by atoms with E-state index in [4.69, 9.17) is 23.2 Å². The smallest absolute Gasteiger partial charge is 0.0613 e. The van der Waals surface area contributed by atoms with Gasteiger partial charge in [0.2, 0.25) is 0 Å². The lowest BCUT2D eigenvalue weighted by Crippen LogP contribution is -2.36. The predicted molar refractivity (Wildman–Crippen MR) is 71.5 cm³/mol. The van der Waals surface area contributed by atoms with E-state index in [1.807, 2.05) is 6.07 Å². The molecular weight excluding hydrogens is 239 g/mol. The summed E-state index contributed by atoms with van der Waals surface area (Å²) in [6, 6.07) is 10.4. The van der Waals surface area contributed by atoms with Crippen LogP contribution in [0.4, 0.5) is 0 Å². The average molecular weight is 257 g/mol. The monoisotopic (exact) mass is 256 g/mol. The van der Waals surface area contributed by atoms with Crippen LogP contribution in [0.1, 0.15) is 37.7 Å². The number of alkyl halides is 2.